The molecule has 0 aliphatic carbocycles. The van der Waals surface area contributed by atoms with Crippen molar-refractivity contribution in [2.24, 2.45) is 0 Å². The average molecular weight is 659 g/mol. The molecule has 2 aromatic rings. The Bertz CT molecular complexity index is 1170. The van der Waals surface area contributed by atoms with E-state index in [9.17, 15) is 19.2 Å². The van der Waals surface area contributed by atoms with Gasteiger partial charge >= 0.3 is 41.5 Å². The van der Waals surface area contributed by atoms with Crippen molar-refractivity contribution >= 4 is 35.9 Å². The van der Waals surface area contributed by atoms with Crippen LogP contribution in [0, 0.1) is 0 Å². The Balaban J connectivity index is 0. The van der Waals surface area contributed by atoms with Gasteiger partial charge in [-0.25, -0.2) is 0 Å². The van der Waals surface area contributed by atoms with Gasteiger partial charge in [0.15, 0.2) is 12.6 Å². The first kappa shape index (κ1) is 44.9. The van der Waals surface area contributed by atoms with Gasteiger partial charge in [0.25, 0.3) is 0 Å². The summed E-state index contributed by atoms with van der Waals surface area (Å²) in [7, 11) is 3.73. The smallest absolute Gasteiger partial charge is 0.870 e. The molecule has 0 aromatic heterocycles. The van der Waals surface area contributed by atoms with E-state index in [0.29, 0.717) is 74.8 Å². The van der Waals surface area contributed by atoms with Crippen LogP contribution < -0.4 is 48.8 Å². The molecule has 0 fully saturated rings. The number of aliphatic hydroxyl groups excluding tert-OH is 2. The van der Waals surface area contributed by atoms with E-state index >= 15 is 0 Å². The van der Waals surface area contributed by atoms with E-state index in [-0.39, 0.29) is 66.8 Å². The normalized spacial score (nSPS) is 9.70. The van der Waals surface area contributed by atoms with Crippen molar-refractivity contribution < 1.29 is 83.4 Å². The number of carbonyl (C=O) groups is 4. The van der Waals surface area contributed by atoms with Gasteiger partial charge in [-0.2, -0.15) is 0 Å². The van der Waals surface area contributed by atoms with Gasteiger partial charge in [-0.15, -0.1) is 0 Å². The van der Waals surface area contributed by atoms with Gasteiger partial charge in [0.1, 0.15) is 18.1 Å². The molecule has 0 radical (unpaired) electrons. The third kappa shape index (κ3) is 18.7. The van der Waals surface area contributed by atoms with E-state index in [1.54, 1.807) is 24.3 Å². The maximum atomic E-state index is 11.2. The standard InChI is InChI=1S/C18H25NO6.C14H21NO4.Na.H2O/c1-14(21)23-9-4-5-10-25-18-12-17(7-6-16(18)13-20)19(3)8-11-24-15(2)22;1-15(6-8-17)13-5-4-12(11-18)14(10-13)19-9-3-2-7-16;;/h6-7,12-13H,4-5,8-11H2,1-3H3;4-5,10-11,16-17H,2-3,6-9H2,1H3;;1H2/q;;+1;/p-1. The molecule has 13 nitrogen and oxygen atoms in total. The molecular formula is C32H47N2NaO11. The van der Waals surface area contributed by atoms with Gasteiger partial charge in [0, 0.05) is 64.6 Å². The second kappa shape index (κ2) is 27.0. The number of unbranched alkanes of at least 4 members (excludes halogenated alkanes) is 2. The van der Waals surface area contributed by atoms with Crippen LogP contribution >= 0.6 is 0 Å². The predicted molar refractivity (Wildman–Crippen MR) is 169 cm³/mol. The Morgan fingerprint density at radius 3 is 1.54 bits per heavy atom. The van der Waals surface area contributed by atoms with Crippen LogP contribution in [0.3, 0.4) is 0 Å². The quantitative estimate of drug-likeness (QED) is 0.0848. The first-order valence-electron chi connectivity index (χ1n) is 14.5. The van der Waals surface area contributed by atoms with Crippen LogP contribution in [-0.4, -0.2) is 107 Å². The number of likely N-dealkylation sites (N-methyl/N-ethyl adjacent to an activating group) is 2. The van der Waals surface area contributed by atoms with Gasteiger partial charge in [-0.3, -0.25) is 19.2 Å². The molecule has 2 rings (SSSR count). The summed E-state index contributed by atoms with van der Waals surface area (Å²) in [6, 6.07) is 10.6. The van der Waals surface area contributed by atoms with Crippen molar-refractivity contribution in [3.63, 3.8) is 0 Å². The molecule has 46 heavy (non-hydrogen) atoms. The Hall–Kier alpha value is -3.20. The zero-order chi connectivity index (χ0) is 32.7. The van der Waals surface area contributed by atoms with Crippen LogP contribution in [-0.2, 0) is 19.1 Å². The van der Waals surface area contributed by atoms with Crippen LogP contribution in [0.15, 0.2) is 36.4 Å². The Labute approximate surface area is 293 Å². The number of benzene rings is 2. The third-order valence-corrected chi connectivity index (χ3v) is 6.21. The fraction of sp³-hybridized carbons (Fsp3) is 0.500. The summed E-state index contributed by atoms with van der Waals surface area (Å²) < 4.78 is 21.0. The van der Waals surface area contributed by atoms with Gasteiger partial charge in [-0.1, -0.05) is 0 Å². The monoisotopic (exact) mass is 658 g/mol. The molecular weight excluding hydrogens is 611 g/mol. The molecule has 0 atom stereocenters. The van der Waals surface area contributed by atoms with Crippen LogP contribution in [0.5, 0.6) is 11.5 Å². The molecule has 0 saturated carbocycles. The molecule has 2 aromatic carbocycles. The number of hydrogen-bond acceptors (Lipinski definition) is 13. The van der Waals surface area contributed by atoms with E-state index in [1.165, 1.54) is 13.8 Å². The Morgan fingerprint density at radius 2 is 1.11 bits per heavy atom. The SMILES string of the molecule is CC(=O)OCCCCOc1cc(N(C)CCOC(C)=O)ccc1C=O.CN(CCO)c1ccc(C=O)c(OCCCCO)c1.[Na+].[OH-]. The summed E-state index contributed by atoms with van der Waals surface area (Å²) in [4.78, 5) is 47.4. The van der Waals surface area contributed by atoms with E-state index in [0.717, 1.165) is 30.4 Å². The van der Waals surface area contributed by atoms with Gasteiger partial charge in [0.2, 0.25) is 0 Å². The summed E-state index contributed by atoms with van der Waals surface area (Å²) >= 11 is 0. The molecule has 0 aliphatic rings. The van der Waals surface area contributed by atoms with Crippen LogP contribution in [0.2, 0.25) is 0 Å². The van der Waals surface area contributed by atoms with Crippen molar-refractivity contribution in [1.82, 2.24) is 0 Å². The number of hydrogen-bond donors (Lipinski definition) is 2. The number of aldehydes is 2. The molecule has 0 aliphatic heterocycles. The topological polar surface area (TPSA) is 182 Å². The van der Waals surface area contributed by atoms with Crippen LogP contribution in [0.1, 0.15) is 60.2 Å². The van der Waals surface area contributed by atoms with Crippen molar-refractivity contribution in [1.29, 1.82) is 0 Å². The number of carbonyl (C=O) groups excluding carboxylic acids is 4. The zero-order valence-corrected chi connectivity index (χ0v) is 29.6. The third-order valence-electron chi connectivity index (χ3n) is 6.21. The average Bonchev–Trinajstić information content (AvgIpc) is 3.00. The second-order valence-electron chi connectivity index (χ2n) is 9.76. The minimum Gasteiger partial charge on any atom is -0.870 e. The minimum atomic E-state index is -0.317. The Morgan fingerprint density at radius 1 is 0.674 bits per heavy atom. The molecule has 3 N–H and O–H groups in total. The first-order valence-corrected chi connectivity index (χ1v) is 14.5. The molecule has 0 heterocycles. The van der Waals surface area contributed by atoms with Crippen molar-refractivity contribution in [2.45, 2.75) is 39.5 Å². The van der Waals surface area contributed by atoms with E-state index < -0.39 is 0 Å². The summed E-state index contributed by atoms with van der Waals surface area (Å²) in [5.74, 6) is 0.422. The number of ether oxygens (including phenoxy) is 4. The van der Waals surface area contributed by atoms with Crippen LogP contribution in [0.4, 0.5) is 11.4 Å². The fourth-order valence-corrected chi connectivity index (χ4v) is 3.70. The molecule has 0 amide bonds. The molecule has 0 spiro atoms. The molecule has 0 unspecified atom stereocenters. The number of nitrogens with zero attached hydrogens (tertiary/aromatic N) is 2. The molecule has 252 valence electrons. The molecule has 0 bridgehead atoms. The van der Waals surface area contributed by atoms with Gasteiger partial charge < -0.3 is 44.4 Å². The number of anilines is 2. The van der Waals surface area contributed by atoms with Crippen LogP contribution in [0.25, 0.3) is 0 Å². The summed E-state index contributed by atoms with van der Waals surface area (Å²) in [6.07, 6.45) is 4.33. The maximum absolute atomic E-state index is 11.2. The van der Waals surface area contributed by atoms with Crippen molar-refractivity contribution in [3.8, 4) is 11.5 Å². The largest absolute Gasteiger partial charge is 1.00 e. The van der Waals surface area contributed by atoms with Crippen molar-refractivity contribution in [2.75, 3.05) is 76.6 Å². The molecule has 0 saturated heterocycles. The number of rotatable bonds is 20. The minimum absolute atomic E-state index is 0. The first-order chi connectivity index (χ1) is 21.2. The van der Waals surface area contributed by atoms with E-state index in [1.807, 2.05) is 36.0 Å². The molecule has 14 heteroatoms. The Kier molecular flexibility index (Phi) is 26.3. The van der Waals surface area contributed by atoms with E-state index in [4.69, 9.17) is 29.2 Å². The van der Waals surface area contributed by atoms with Crippen molar-refractivity contribution in [3.05, 3.63) is 47.5 Å². The second-order valence-corrected chi connectivity index (χ2v) is 9.76. The number of esters is 2. The summed E-state index contributed by atoms with van der Waals surface area (Å²) in [5.41, 5.74) is 2.71. The summed E-state index contributed by atoms with van der Waals surface area (Å²) in [5, 5.41) is 17.6. The fourth-order valence-electron chi connectivity index (χ4n) is 3.70. The summed E-state index contributed by atoms with van der Waals surface area (Å²) in [6.45, 7) is 5.53. The van der Waals surface area contributed by atoms with Gasteiger partial charge in [0.05, 0.1) is 44.1 Å². The predicted octanol–water partition coefficient (Wildman–Crippen LogP) is 0.127. The zero-order valence-electron chi connectivity index (χ0n) is 27.6. The maximum Gasteiger partial charge on any atom is 1.00 e. The van der Waals surface area contributed by atoms with E-state index in [2.05, 4.69) is 0 Å². The van der Waals surface area contributed by atoms with Gasteiger partial charge in [-0.05, 0) is 49.9 Å². The number of aliphatic hydroxyl groups is 2.